The molecule has 0 saturated carbocycles. The Morgan fingerprint density at radius 1 is 1.28 bits per heavy atom. The zero-order valence-corrected chi connectivity index (χ0v) is 11.1. The Balaban J connectivity index is 2.09. The van der Waals surface area contributed by atoms with Crippen molar-refractivity contribution in [3.05, 3.63) is 42.0 Å². The summed E-state index contributed by atoms with van der Waals surface area (Å²) < 4.78 is 0. The van der Waals surface area contributed by atoms with Crippen LogP contribution >= 0.6 is 0 Å². The van der Waals surface area contributed by atoms with Crippen LogP contribution in [-0.2, 0) is 4.79 Å². The molecule has 1 amide bonds. The van der Waals surface area contributed by atoms with Crippen molar-refractivity contribution in [3.8, 4) is 0 Å². The topological polar surface area (TPSA) is 29.1 Å². The number of benzene rings is 1. The molecule has 0 aromatic heterocycles. The van der Waals surface area contributed by atoms with E-state index in [4.69, 9.17) is 0 Å². The maximum absolute atomic E-state index is 12.2. The van der Waals surface area contributed by atoms with Gasteiger partial charge in [0.2, 0.25) is 5.91 Å². The highest BCUT2D eigenvalue weighted by Gasteiger charge is 2.19. The number of amides is 1. The van der Waals surface area contributed by atoms with E-state index in [-0.39, 0.29) is 11.8 Å². The molecule has 2 rings (SSSR count). The maximum atomic E-state index is 12.2. The lowest BCUT2D eigenvalue weighted by molar-refractivity contribution is -0.120. The average Bonchev–Trinajstić information content (AvgIpc) is 2.40. The van der Waals surface area contributed by atoms with Gasteiger partial charge in [-0.15, -0.1) is 0 Å². The van der Waals surface area contributed by atoms with Gasteiger partial charge in [0, 0.05) is 11.6 Å². The molecule has 1 N–H and O–H groups in total. The molecule has 1 aromatic carbocycles. The molecule has 0 spiro atoms. The summed E-state index contributed by atoms with van der Waals surface area (Å²) in [4.78, 5) is 12.2. The lowest BCUT2D eigenvalue weighted by atomic mass is 9.93. The molecule has 0 heterocycles. The van der Waals surface area contributed by atoms with Gasteiger partial charge in [-0.25, -0.2) is 0 Å². The van der Waals surface area contributed by atoms with Crippen molar-refractivity contribution < 1.29 is 4.79 Å². The second-order valence-corrected chi connectivity index (χ2v) is 5.21. The Morgan fingerprint density at radius 3 is 2.72 bits per heavy atom. The van der Waals surface area contributed by atoms with Crippen LogP contribution in [0.4, 0.5) is 5.69 Å². The van der Waals surface area contributed by atoms with E-state index < -0.39 is 0 Å². The van der Waals surface area contributed by atoms with Gasteiger partial charge in [0.1, 0.15) is 0 Å². The molecule has 1 unspecified atom stereocenters. The minimum atomic E-state index is 0.134. The Kier molecular flexibility index (Phi) is 4.19. The average molecular weight is 243 g/mol. The van der Waals surface area contributed by atoms with Crippen LogP contribution in [0.2, 0.25) is 0 Å². The minimum Gasteiger partial charge on any atom is -0.326 e. The first-order valence-corrected chi connectivity index (χ1v) is 6.73. The number of allylic oxidation sites excluding steroid dienone is 2. The van der Waals surface area contributed by atoms with Crippen LogP contribution in [0.15, 0.2) is 36.4 Å². The molecular formula is C16H21NO. The van der Waals surface area contributed by atoms with Gasteiger partial charge in [0.15, 0.2) is 0 Å². The molecular weight excluding hydrogens is 222 g/mol. The quantitative estimate of drug-likeness (QED) is 0.795. The second-order valence-electron chi connectivity index (χ2n) is 5.21. The predicted molar refractivity (Wildman–Crippen MR) is 75.6 cm³/mol. The number of hydrogen-bond donors (Lipinski definition) is 1. The zero-order valence-electron chi connectivity index (χ0n) is 11.1. The number of carbonyl (C=O) groups excluding carboxylic acids is 1. The molecule has 0 bridgehead atoms. The van der Waals surface area contributed by atoms with Gasteiger partial charge in [-0.05, 0) is 36.8 Å². The molecule has 0 fully saturated rings. The third-order valence-corrected chi connectivity index (χ3v) is 3.48. The number of anilines is 1. The SMILES string of the molecule is CC(C)c1ccccc1NC(=O)C1CC=CCC1. The highest BCUT2D eigenvalue weighted by atomic mass is 16.1. The largest absolute Gasteiger partial charge is 0.326 e. The number of carbonyl (C=O) groups is 1. The summed E-state index contributed by atoms with van der Waals surface area (Å²) in [5, 5.41) is 3.09. The van der Waals surface area contributed by atoms with E-state index in [1.165, 1.54) is 5.56 Å². The molecule has 0 saturated heterocycles. The van der Waals surface area contributed by atoms with Crippen LogP contribution in [0.5, 0.6) is 0 Å². The molecule has 1 aliphatic carbocycles. The van der Waals surface area contributed by atoms with E-state index in [9.17, 15) is 4.79 Å². The molecule has 1 aromatic rings. The summed E-state index contributed by atoms with van der Waals surface area (Å²) in [6, 6.07) is 8.07. The first-order chi connectivity index (χ1) is 8.68. The van der Waals surface area contributed by atoms with E-state index >= 15 is 0 Å². The molecule has 0 aliphatic heterocycles. The van der Waals surface area contributed by atoms with Gasteiger partial charge in [0.05, 0.1) is 0 Å². The Labute approximate surface area is 109 Å². The van der Waals surface area contributed by atoms with Crippen molar-refractivity contribution in [2.24, 2.45) is 5.92 Å². The standard InChI is InChI=1S/C16H21NO/c1-12(2)14-10-6-7-11-15(14)17-16(18)13-8-4-3-5-9-13/h3-4,6-7,10-13H,5,8-9H2,1-2H3,(H,17,18). The van der Waals surface area contributed by atoms with E-state index in [1.54, 1.807) is 0 Å². The first-order valence-electron chi connectivity index (χ1n) is 6.73. The number of rotatable bonds is 3. The van der Waals surface area contributed by atoms with Gasteiger partial charge >= 0.3 is 0 Å². The lowest BCUT2D eigenvalue weighted by Crippen LogP contribution is -2.24. The molecule has 0 radical (unpaired) electrons. The van der Waals surface area contributed by atoms with Crippen molar-refractivity contribution >= 4 is 11.6 Å². The normalized spacial score (nSPS) is 18.9. The first kappa shape index (κ1) is 12.9. The van der Waals surface area contributed by atoms with Gasteiger partial charge in [-0.2, -0.15) is 0 Å². The Morgan fingerprint density at radius 2 is 2.06 bits per heavy atom. The monoisotopic (exact) mass is 243 g/mol. The third-order valence-electron chi connectivity index (χ3n) is 3.48. The zero-order chi connectivity index (χ0) is 13.0. The van der Waals surface area contributed by atoms with E-state index in [2.05, 4.69) is 37.4 Å². The van der Waals surface area contributed by atoms with Crippen molar-refractivity contribution in [1.82, 2.24) is 0 Å². The second kappa shape index (κ2) is 5.85. The van der Waals surface area contributed by atoms with Crippen molar-refractivity contribution in [1.29, 1.82) is 0 Å². The van der Waals surface area contributed by atoms with Gasteiger partial charge in [-0.1, -0.05) is 44.2 Å². The molecule has 2 nitrogen and oxygen atoms in total. The smallest absolute Gasteiger partial charge is 0.227 e. The van der Waals surface area contributed by atoms with Crippen molar-refractivity contribution in [2.45, 2.75) is 39.0 Å². The Hall–Kier alpha value is -1.57. The summed E-state index contributed by atoms with van der Waals surface area (Å²) in [5.41, 5.74) is 2.17. The molecule has 96 valence electrons. The van der Waals surface area contributed by atoms with Crippen LogP contribution in [0.1, 0.15) is 44.6 Å². The van der Waals surface area contributed by atoms with Crippen LogP contribution in [0.3, 0.4) is 0 Å². The summed E-state index contributed by atoms with van der Waals surface area (Å²) in [6.07, 6.45) is 7.12. The van der Waals surface area contributed by atoms with Gasteiger partial charge in [-0.3, -0.25) is 4.79 Å². The fourth-order valence-electron chi connectivity index (χ4n) is 2.38. The molecule has 1 aliphatic rings. The lowest BCUT2D eigenvalue weighted by Gasteiger charge is -2.19. The number of nitrogens with one attached hydrogen (secondary N) is 1. The van der Waals surface area contributed by atoms with Gasteiger partial charge in [0.25, 0.3) is 0 Å². The molecule has 2 heteroatoms. The minimum absolute atomic E-state index is 0.134. The highest BCUT2D eigenvalue weighted by Crippen LogP contribution is 2.26. The fraction of sp³-hybridized carbons (Fsp3) is 0.438. The molecule has 1 atom stereocenters. The summed E-state index contributed by atoms with van der Waals surface area (Å²) in [5.74, 6) is 0.718. The van der Waals surface area contributed by atoms with E-state index in [0.717, 1.165) is 24.9 Å². The molecule has 18 heavy (non-hydrogen) atoms. The predicted octanol–water partition coefficient (Wildman–Crippen LogP) is 4.10. The number of para-hydroxylation sites is 1. The van der Waals surface area contributed by atoms with Crippen LogP contribution < -0.4 is 5.32 Å². The highest BCUT2D eigenvalue weighted by molar-refractivity contribution is 5.93. The van der Waals surface area contributed by atoms with Crippen molar-refractivity contribution in [3.63, 3.8) is 0 Å². The van der Waals surface area contributed by atoms with Crippen LogP contribution in [0, 0.1) is 5.92 Å². The summed E-state index contributed by atoms with van der Waals surface area (Å²) in [6.45, 7) is 4.29. The summed E-state index contributed by atoms with van der Waals surface area (Å²) >= 11 is 0. The third kappa shape index (κ3) is 3.00. The van der Waals surface area contributed by atoms with E-state index in [1.807, 2.05) is 18.2 Å². The maximum Gasteiger partial charge on any atom is 0.227 e. The van der Waals surface area contributed by atoms with Crippen LogP contribution in [0.25, 0.3) is 0 Å². The fourth-order valence-corrected chi connectivity index (χ4v) is 2.38. The Bertz CT molecular complexity index is 448. The van der Waals surface area contributed by atoms with Crippen molar-refractivity contribution in [2.75, 3.05) is 5.32 Å². The van der Waals surface area contributed by atoms with Crippen LogP contribution in [-0.4, -0.2) is 5.91 Å². The summed E-state index contributed by atoms with van der Waals surface area (Å²) in [7, 11) is 0. The van der Waals surface area contributed by atoms with Gasteiger partial charge < -0.3 is 5.32 Å². The van der Waals surface area contributed by atoms with E-state index in [0.29, 0.717) is 5.92 Å². The number of hydrogen-bond acceptors (Lipinski definition) is 1.